The summed E-state index contributed by atoms with van der Waals surface area (Å²) in [5.41, 5.74) is 0.773. The van der Waals surface area contributed by atoms with Crippen molar-refractivity contribution in [3.8, 4) is 5.75 Å². The summed E-state index contributed by atoms with van der Waals surface area (Å²) < 4.78 is 5.16. The summed E-state index contributed by atoms with van der Waals surface area (Å²) in [6.45, 7) is -0.0124. The lowest BCUT2D eigenvalue weighted by molar-refractivity contribution is -0.130. The Balaban J connectivity index is 1.72. The molecular formula is C16H19N3O4S. The van der Waals surface area contributed by atoms with Crippen molar-refractivity contribution in [3.05, 3.63) is 23.8 Å². The number of benzene rings is 1. The van der Waals surface area contributed by atoms with Crippen molar-refractivity contribution in [1.29, 1.82) is 0 Å². The lowest BCUT2D eigenvalue weighted by Gasteiger charge is -2.16. The standard InChI is InChI=1S/C16H19N3O4S/c1-23-11-4-5-13(12(6-11)16(22)17-10-2-3-10)18-14(20)7-19-9-24-8-15(19)21/h4-6,10H,2-3,7-9H2,1H3,(H,17,22)(H,18,20). The van der Waals surface area contributed by atoms with Gasteiger partial charge < -0.3 is 20.3 Å². The van der Waals surface area contributed by atoms with Crippen LogP contribution in [0.4, 0.5) is 5.69 Å². The van der Waals surface area contributed by atoms with Gasteiger partial charge in [0.25, 0.3) is 5.91 Å². The largest absolute Gasteiger partial charge is 0.497 e. The molecule has 0 aromatic heterocycles. The Morgan fingerprint density at radius 1 is 1.38 bits per heavy atom. The molecule has 2 aliphatic rings. The first-order chi connectivity index (χ1) is 11.6. The van der Waals surface area contributed by atoms with Crippen molar-refractivity contribution >= 4 is 35.2 Å². The monoisotopic (exact) mass is 349 g/mol. The molecule has 1 aliphatic carbocycles. The van der Waals surface area contributed by atoms with E-state index in [1.165, 1.54) is 23.8 Å². The van der Waals surface area contributed by atoms with Gasteiger partial charge in [0, 0.05) is 6.04 Å². The molecule has 2 fully saturated rings. The predicted octanol–water partition coefficient (Wildman–Crippen LogP) is 1.06. The van der Waals surface area contributed by atoms with Crippen LogP contribution in [0.1, 0.15) is 23.2 Å². The van der Waals surface area contributed by atoms with Crippen LogP contribution in [-0.4, -0.2) is 53.9 Å². The van der Waals surface area contributed by atoms with E-state index in [0.29, 0.717) is 28.6 Å². The first kappa shape index (κ1) is 16.6. The van der Waals surface area contributed by atoms with Gasteiger partial charge in [0.05, 0.1) is 30.0 Å². The number of anilines is 1. The highest BCUT2D eigenvalue weighted by atomic mass is 32.2. The minimum absolute atomic E-state index is 0.0124. The second-order valence-corrected chi connectivity index (χ2v) is 6.73. The molecular weight excluding hydrogens is 330 g/mol. The third kappa shape index (κ3) is 4.00. The second kappa shape index (κ2) is 7.12. The fraction of sp³-hybridized carbons (Fsp3) is 0.438. The topological polar surface area (TPSA) is 87.7 Å². The molecule has 3 amide bonds. The Hall–Kier alpha value is -2.22. The van der Waals surface area contributed by atoms with Crippen LogP contribution in [0, 0.1) is 0 Å². The number of methoxy groups -OCH3 is 1. The number of carbonyl (C=O) groups excluding carboxylic acids is 3. The number of amides is 3. The third-order valence-corrected chi connectivity index (χ3v) is 4.76. The Morgan fingerprint density at radius 2 is 2.17 bits per heavy atom. The van der Waals surface area contributed by atoms with Gasteiger partial charge in [0.2, 0.25) is 11.8 Å². The molecule has 1 heterocycles. The maximum Gasteiger partial charge on any atom is 0.253 e. The van der Waals surface area contributed by atoms with Crippen LogP contribution in [-0.2, 0) is 9.59 Å². The Labute approximate surface area is 144 Å². The van der Waals surface area contributed by atoms with Gasteiger partial charge in [-0.15, -0.1) is 11.8 Å². The van der Waals surface area contributed by atoms with E-state index in [0.717, 1.165) is 12.8 Å². The summed E-state index contributed by atoms with van der Waals surface area (Å²) in [6.07, 6.45) is 1.96. The lowest BCUT2D eigenvalue weighted by Crippen LogP contribution is -2.35. The maximum atomic E-state index is 12.4. The molecule has 2 N–H and O–H groups in total. The van der Waals surface area contributed by atoms with Crippen molar-refractivity contribution in [2.45, 2.75) is 18.9 Å². The summed E-state index contributed by atoms with van der Waals surface area (Å²) in [4.78, 5) is 37.7. The van der Waals surface area contributed by atoms with E-state index in [4.69, 9.17) is 4.74 Å². The highest BCUT2D eigenvalue weighted by molar-refractivity contribution is 8.00. The molecule has 1 saturated carbocycles. The number of carbonyl (C=O) groups is 3. The van der Waals surface area contributed by atoms with Crippen molar-refractivity contribution in [3.63, 3.8) is 0 Å². The third-order valence-electron chi connectivity index (χ3n) is 3.82. The number of ether oxygens (including phenoxy) is 1. The minimum atomic E-state index is -0.323. The number of rotatable bonds is 6. The molecule has 8 heteroatoms. The van der Waals surface area contributed by atoms with Gasteiger partial charge in [0.15, 0.2) is 0 Å². The van der Waals surface area contributed by atoms with Crippen LogP contribution in [0.2, 0.25) is 0 Å². The first-order valence-corrected chi connectivity index (χ1v) is 8.86. The molecule has 24 heavy (non-hydrogen) atoms. The molecule has 1 saturated heterocycles. The number of hydrogen-bond acceptors (Lipinski definition) is 5. The van der Waals surface area contributed by atoms with Gasteiger partial charge in [-0.25, -0.2) is 0 Å². The quantitative estimate of drug-likeness (QED) is 0.802. The number of hydrogen-bond donors (Lipinski definition) is 2. The number of thioether (sulfide) groups is 1. The molecule has 1 aromatic rings. The van der Waals surface area contributed by atoms with Crippen molar-refractivity contribution in [2.75, 3.05) is 30.6 Å². The van der Waals surface area contributed by atoms with Crippen LogP contribution in [0.25, 0.3) is 0 Å². The normalized spacial score (nSPS) is 16.9. The molecule has 0 radical (unpaired) electrons. The Kier molecular flexibility index (Phi) is 4.94. The Bertz CT molecular complexity index is 675. The van der Waals surface area contributed by atoms with Gasteiger partial charge in [0.1, 0.15) is 12.3 Å². The molecule has 7 nitrogen and oxygen atoms in total. The molecule has 3 rings (SSSR count). The summed E-state index contributed by atoms with van der Waals surface area (Å²) in [5.74, 6) is 0.863. The van der Waals surface area contributed by atoms with E-state index in [2.05, 4.69) is 10.6 Å². The van der Waals surface area contributed by atoms with E-state index >= 15 is 0 Å². The van der Waals surface area contributed by atoms with E-state index < -0.39 is 0 Å². The summed E-state index contributed by atoms with van der Waals surface area (Å²) in [5, 5.41) is 5.63. The van der Waals surface area contributed by atoms with E-state index in [9.17, 15) is 14.4 Å². The minimum Gasteiger partial charge on any atom is -0.497 e. The number of nitrogens with zero attached hydrogens (tertiary/aromatic N) is 1. The zero-order valence-electron chi connectivity index (χ0n) is 13.3. The van der Waals surface area contributed by atoms with Gasteiger partial charge in [-0.3, -0.25) is 14.4 Å². The van der Waals surface area contributed by atoms with Crippen molar-refractivity contribution < 1.29 is 19.1 Å². The first-order valence-electron chi connectivity index (χ1n) is 7.71. The van der Waals surface area contributed by atoms with Gasteiger partial charge in [-0.1, -0.05) is 0 Å². The molecule has 1 aromatic carbocycles. The van der Waals surface area contributed by atoms with Gasteiger partial charge in [-0.2, -0.15) is 0 Å². The number of nitrogens with one attached hydrogen (secondary N) is 2. The molecule has 128 valence electrons. The molecule has 0 unspecified atom stereocenters. The molecule has 0 atom stereocenters. The van der Waals surface area contributed by atoms with E-state index in [-0.39, 0.29) is 30.3 Å². The average molecular weight is 349 g/mol. The predicted molar refractivity (Wildman–Crippen MR) is 91.1 cm³/mol. The Morgan fingerprint density at radius 3 is 2.79 bits per heavy atom. The summed E-state index contributed by atoms with van der Waals surface area (Å²) >= 11 is 1.48. The summed E-state index contributed by atoms with van der Waals surface area (Å²) in [7, 11) is 1.52. The van der Waals surface area contributed by atoms with Crippen molar-refractivity contribution in [1.82, 2.24) is 10.2 Å². The van der Waals surface area contributed by atoms with Crippen LogP contribution in [0.5, 0.6) is 5.75 Å². The van der Waals surface area contributed by atoms with Gasteiger partial charge in [-0.05, 0) is 31.0 Å². The van der Waals surface area contributed by atoms with E-state index in [1.54, 1.807) is 18.2 Å². The zero-order valence-corrected chi connectivity index (χ0v) is 14.1. The fourth-order valence-electron chi connectivity index (χ4n) is 2.34. The summed E-state index contributed by atoms with van der Waals surface area (Å²) in [6, 6.07) is 5.13. The van der Waals surface area contributed by atoms with E-state index in [1.807, 2.05) is 0 Å². The average Bonchev–Trinajstić information content (AvgIpc) is 3.29. The second-order valence-electron chi connectivity index (χ2n) is 5.78. The molecule has 0 spiro atoms. The van der Waals surface area contributed by atoms with Crippen LogP contribution in [0.3, 0.4) is 0 Å². The molecule has 0 bridgehead atoms. The SMILES string of the molecule is COc1ccc(NC(=O)CN2CSCC2=O)c(C(=O)NC2CC2)c1. The zero-order chi connectivity index (χ0) is 17.1. The van der Waals surface area contributed by atoms with Gasteiger partial charge >= 0.3 is 0 Å². The molecule has 1 aliphatic heterocycles. The van der Waals surface area contributed by atoms with Crippen LogP contribution < -0.4 is 15.4 Å². The lowest BCUT2D eigenvalue weighted by atomic mass is 10.1. The highest BCUT2D eigenvalue weighted by Gasteiger charge is 2.26. The smallest absolute Gasteiger partial charge is 0.253 e. The van der Waals surface area contributed by atoms with Crippen molar-refractivity contribution in [2.24, 2.45) is 0 Å². The maximum absolute atomic E-state index is 12.4. The highest BCUT2D eigenvalue weighted by Crippen LogP contribution is 2.25. The van der Waals surface area contributed by atoms with Crippen LogP contribution >= 0.6 is 11.8 Å². The fourth-order valence-corrected chi connectivity index (χ4v) is 3.25. The van der Waals surface area contributed by atoms with Crippen LogP contribution in [0.15, 0.2) is 18.2 Å².